The van der Waals surface area contributed by atoms with Crippen molar-refractivity contribution in [2.75, 3.05) is 7.11 Å². The van der Waals surface area contributed by atoms with Crippen LogP contribution in [0.3, 0.4) is 0 Å². The van der Waals surface area contributed by atoms with Gasteiger partial charge in [-0.25, -0.2) is 4.98 Å². The van der Waals surface area contributed by atoms with E-state index in [4.69, 9.17) is 17.0 Å². The zero-order valence-corrected chi connectivity index (χ0v) is 13.3. The predicted molar refractivity (Wildman–Crippen MR) is 75.7 cm³/mol. The molecule has 5 heteroatoms. The Morgan fingerprint density at radius 3 is 2.47 bits per heavy atom. The lowest BCUT2D eigenvalue weighted by molar-refractivity contribution is 0.00840. The van der Waals surface area contributed by atoms with Gasteiger partial charge in [0.05, 0.1) is 4.47 Å². The fourth-order valence-corrected chi connectivity index (χ4v) is 2.46. The van der Waals surface area contributed by atoms with Crippen LogP contribution < -0.4 is 0 Å². The van der Waals surface area contributed by atoms with Gasteiger partial charge in [-0.3, -0.25) is 0 Å². The highest BCUT2D eigenvalue weighted by molar-refractivity contribution is 9.10. The molecule has 1 atom stereocenters. The molecule has 0 saturated carbocycles. The van der Waals surface area contributed by atoms with Crippen molar-refractivity contribution in [1.29, 1.82) is 0 Å². The van der Waals surface area contributed by atoms with Crippen LogP contribution in [0.25, 0.3) is 0 Å². The maximum absolute atomic E-state index is 5.54. The van der Waals surface area contributed by atoms with Crippen LogP contribution in [0.15, 0.2) is 4.47 Å². The van der Waals surface area contributed by atoms with Gasteiger partial charge in [0.2, 0.25) is 0 Å². The van der Waals surface area contributed by atoms with Gasteiger partial charge in [-0.05, 0) is 27.8 Å². The Balaban J connectivity index is 3.32. The SMILES string of the molecule is CCc1[nH]c(C(OC)C(C)(C)C)nc(=S)c1Br. The largest absolute Gasteiger partial charge is 0.373 e. The molecule has 0 spiro atoms. The third-order valence-electron chi connectivity index (χ3n) is 2.58. The molecule has 3 nitrogen and oxygen atoms in total. The van der Waals surface area contributed by atoms with E-state index in [1.54, 1.807) is 7.11 Å². The second-order valence-corrected chi connectivity index (χ2v) is 6.23. The number of rotatable bonds is 3. The zero-order chi connectivity index (χ0) is 13.2. The van der Waals surface area contributed by atoms with Gasteiger partial charge in [-0.1, -0.05) is 39.9 Å². The summed E-state index contributed by atoms with van der Waals surface area (Å²) in [6.45, 7) is 8.43. The first-order valence-electron chi connectivity index (χ1n) is 5.62. The van der Waals surface area contributed by atoms with Gasteiger partial charge in [0.15, 0.2) is 0 Å². The molecule has 1 rings (SSSR count). The van der Waals surface area contributed by atoms with Gasteiger partial charge in [0.25, 0.3) is 0 Å². The first-order chi connectivity index (χ1) is 7.81. The monoisotopic (exact) mass is 318 g/mol. The highest BCUT2D eigenvalue weighted by Crippen LogP contribution is 2.34. The molecular weight excluding hydrogens is 300 g/mol. The fourth-order valence-electron chi connectivity index (χ4n) is 1.77. The van der Waals surface area contributed by atoms with E-state index in [1.807, 2.05) is 0 Å². The lowest BCUT2D eigenvalue weighted by Crippen LogP contribution is -2.23. The Labute approximate surface area is 116 Å². The first-order valence-corrected chi connectivity index (χ1v) is 6.82. The van der Waals surface area contributed by atoms with E-state index in [0.29, 0.717) is 4.64 Å². The van der Waals surface area contributed by atoms with Crippen molar-refractivity contribution in [2.24, 2.45) is 5.41 Å². The van der Waals surface area contributed by atoms with Crippen molar-refractivity contribution in [3.63, 3.8) is 0 Å². The minimum Gasteiger partial charge on any atom is -0.373 e. The van der Waals surface area contributed by atoms with E-state index in [2.05, 4.69) is 53.6 Å². The molecule has 1 aromatic rings. The molecule has 0 fully saturated rings. The highest BCUT2D eigenvalue weighted by atomic mass is 79.9. The number of aryl methyl sites for hydroxylation is 1. The number of halogens is 1. The molecule has 0 aliphatic heterocycles. The van der Waals surface area contributed by atoms with E-state index >= 15 is 0 Å². The second kappa shape index (κ2) is 5.59. The van der Waals surface area contributed by atoms with Crippen LogP contribution in [0.5, 0.6) is 0 Å². The Kier molecular flexibility index (Phi) is 4.86. The smallest absolute Gasteiger partial charge is 0.144 e. The van der Waals surface area contributed by atoms with Gasteiger partial charge < -0.3 is 9.72 Å². The number of nitrogens with one attached hydrogen (secondary N) is 1. The average Bonchev–Trinajstić information content (AvgIpc) is 2.21. The minimum atomic E-state index is -0.0948. The summed E-state index contributed by atoms with van der Waals surface area (Å²) in [7, 11) is 1.70. The van der Waals surface area contributed by atoms with Gasteiger partial charge in [-0.2, -0.15) is 0 Å². The van der Waals surface area contributed by atoms with Gasteiger partial charge in [0.1, 0.15) is 16.6 Å². The minimum absolute atomic E-state index is 0.0289. The summed E-state index contributed by atoms with van der Waals surface area (Å²) in [4.78, 5) is 7.72. The number of methoxy groups -OCH3 is 1. The summed E-state index contributed by atoms with van der Waals surface area (Å²) in [5.41, 5.74) is 1.03. The van der Waals surface area contributed by atoms with E-state index < -0.39 is 0 Å². The molecule has 0 aromatic carbocycles. The standard InChI is InChI=1S/C12H19BrN2OS/c1-6-7-8(13)11(17)15-10(14-7)9(16-5)12(2,3)4/h9H,6H2,1-5H3,(H,14,15,17). The molecule has 1 aromatic heterocycles. The number of hydrogen-bond donors (Lipinski definition) is 1. The third kappa shape index (κ3) is 3.36. The molecule has 0 saturated heterocycles. The molecule has 0 bridgehead atoms. The van der Waals surface area contributed by atoms with Crippen LogP contribution in [0, 0.1) is 10.1 Å². The third-order valence-corrected chi connectivity index (χ3v) is 3.99. The topological polar surface area (TPSA) is 37.9 Å². The zero-order valence-electron chi connectivity index (χ0n) is 10.9. The van der Waals surface area contributed by atoms with E-state index in [1.165, 1.54) is 0 Å². The molecule has 17 heavy (non-hydrogen) atoms. The summed E-state index contributed by atoms with van der Waals surface area (Å²) in [6, 6.07) is 0. The number of hydrogen-bond acceptors (Lipinski definition) is 3. The first kappa shape index (κ1) is 14.8. The molecule has 96 valence electrons. The van der Waals surface area contributed by atoms with E-state index in [0.717, 1.165) is 22.4 Å². The van der Waals surface area contributed by atoms with Crippen LogP contribution in [0.1, 0.15) is 45.3 Å². The van der Waals surface area contributed by atoms with E-state index in [9.17, 15) is 0 Å². The highest BCUT2D eigenvalue weighted by Gasteiger charge is 2.28. The quantitative estimate of drug-likeness (QED) is 0.849. The summed E-state index contributed by atoms with van der Waals surface area (Å²) in [5, 5.41) is 0. The van der Waals surface area contributed by atoms with Crippen molar-refractivity contribution < 1.29 is 4.74 Å². The Morgan fingerprint density at radius 2 is 2.06 bits per heavy atom. The molecule has 1 heterocycles. The maximum atomic E-state index is 5.54. The summed E-state index contributed by atoms with van der Waals surface area (Å²) < 4.78 is 7.00. The van der Waals surface area contributed by atoms with Crippen molar-refractivity contribution >= 4 is 28.1 Å². The fraction of sp³-hybridized carbons (Fsp3) is 0.667. The predicted octanol–water partition coefficient (Wildman–Crippen LogP) is 4.20. The maximum Gasteiger partial charge on any atom is 0.144 e. The van der Waals surface area contributed by atoms with Crippen molar-refractivity contribution in [2.45, 2.75) is 40.2 Å². The van der Waals surface area contributed by atoms with Crippen LogP contribution >= 0.6 is 28.1 Å². The number of H-pyrrole nitrogens is 1. The lowest BCUT2D eigenvalue weighted by atomic mass is 9.88. The van der Waals surface area contributed by atoms with Crippen molar-refractivity contribution in [3.05, 3.63) is 20.6 Å². The molecule has 1 N–H and O–H groups in total. The Hall–Kier alpha value is -0.260. The number of aromatic nitrogens is 2. The average molecular weight is 319 g/mol. The summed E-state index contributed by atoms with van der Waals surface area (Å²) >= 11 is 8.71. The molecule has 1 unspecified atom stereocenters. The number of nitrogens with zero attached hydrogens (tertiary/aromatic N) is 1. The van der Waals surface area contributed by atoms with E-state index in [-0.39, 0.29) is 11.5 Å². The molecule has 0 aliphatic rings. The van der Waals surface area contributed by atoms with Gasteiger partial charge in [0, 0.05) is 12.8 Å². The van der Waals surface area contributed by atoms with Gasteiger partial charge in [-0.15, -0.1) is 0 Å². The molecule has 0 amide bonds. The number of aromatic amines is 1. The Morgan fingerprint density at radius 1 is 1.47 bits per heavy atom. The van der Waals surface area contributed by atoms with Crippen molar-refractivity contribution in [1.82, 2.24) is 9.97 Å². The van der Waals surface area contributed by atoms with Crippen LogP contribution in [0.2, 0.25) is 0 Å². The molecule has 0 aliphatic carbocycles. The Bertz CT molecular complexity index is 451. The number of ether oxygens (including phenoxy) is 1. The van der Waals surface area contributed by atoms with Crippen LogP contribution in [-0.4, -0.2) is 17.1 Å². The summed E-state index contributed by atoms with van der Waals surface area (Å²) in [5.74, 6) is 0.796. The van der Waals surface area contributed by atoms with Crippen molar-refractivity contribution in [3.8, 4) is 0 Å². The van der Waals surface area contributed by atoms with Gasteiger partial charge >= 0.3 is 0 Å². The molecule has 0 radical (unpaired) electrons. The van der Waals surface area contributed by atoms with Crippen LogP contribution in [-0.2, 0) is 11.2 Å². The summed E-state index contributed by atoms with van der Waals surface area (Å²) in [6.07, 6.45) is 0.781. The normalized spacial score (nSPS) is 13.8. The lowest BCUT2D eigenvalue weighted by Gasteiger charge is -2.28. The van der Waals surface area contributed by atoms with Crippen LogP contribution in [0.4, 0.5) is 0 Å². The second-order valence-electron chi connectivity index (χ2n) is 5.06. The molecular formula is C12H19BrN2OS.